The molecule has 0 saturated carbocycles. The Morgan fingerprint density at radius 2 is 1.93 bits per heavy atom. The number of hydrogen-bond donors (Lipinski definition) is 1. The van der Waals surface area contributed by atoms with E-state index >= 15 is 0 Å². The summed E-state index contributed by atoms with van der Waals surface area (Å²) in [6, 6.07) is 17.2. The molecule has 4 rings (SSSR count). The molecule has 0 spiro atoms. The first-order valence-electron chi connectivity index (χ1n) is 8.96. The average molecular weight is 420 g/mol. The molecule has 9 nitrogen and oxygen atoms in total. The minimum absolute atomic E-state index is 0.0134. The van der Waals surface area contributed by atoms with Gasteiger partial charge in [0.05, 0.1) is 16.4 Å². The number of nitro benzene ring substituents is 1. The third-order valence-electron chi connectivity index (χ3n) is 4.25. The molecule has 150 valence electrons. The number of amides is 1. The standard InChI is InChI=1S/C20H16N6O3S/c1-13-5-7-15(8-6-13)21-19(27)12-30-20-23-22-18-10-9-17(24-25(18)20)14-3-2-4-16(11-14)26(28)29/h2-11H,12H2,1H3,(H,21,27). The van der Waals surface area contributed by atoms with Crippen LogP contribution in [0, 0.1) is 17.0 Å². The zero-order chi connectivity index (χ0) is 21.1. The van der Waals surface area contributed by atoms with Crippen molar-refractivity contribution in [2.45, 2.75) is 12.1 Å². The number of carbonyl (C=O) groups excluding carboxylic acids is 1. The highest BCUT2D eigenvalue weighted by molar-refractivity contribution is 7.99. The van der Waals surface area contributed by atoms with E-state index < -0.39 is 4.92 Å². The van der Waals surface area contributed by atoms with Gasteiger partial charge in [0.2, 0.25) is 11.1 Å². The summed E-state index contributed by atoms with van der Waals surface area (Å²) in [5, 5.41) is 27.0. The molecular formula is C20H16N6O3S. The van der Waals surface area contributed by atoms with E-state index in [-0.39, 0.29) is 17.3 Å². The van der Waals surface area contributed by atoms with E-state index in [1.807, 2.05) is 31.2 Å². The van der Waals surface area contributed by atoms with E-state index in [1.165, 1.54) is 28.4 Å². The lowest BCUT2D eigenvalue weighted by Crippen LogP contribution is -2.14. The molecular weight excluding hydrogens is 404 g/mol. The van der Waals surface area contributed by atoms with Gasteiger partial charge in [0.15, 0.2) is 5.65 Å². The van der Waals surface area contributed by atoms with Crippen LogP contribution >= 0.6 is 11.8 Å². The van der Waals surface area contributed by atoms with Crippen LogP contribution < -0.4 is 5.32 Å². The van der Waals surface area contributed by atoms with Crippen molar-refractivity contribution in [3.8, 4) is 11.3 Å². The number of rotatable bonds is 6. The van der Waals surface area contributed by atoms with E-state index in [4.69, 9.17) is 0 Å². The first-order valence-corrected chi connectivity index (χ1v) is 9.95. The maximum Gasteiger partial charge on any atom is 0.270 e. The van der Waals surface area contributed by atoms with Crippen molar-refractivity contribution in [2.75, 3.05) is 11.1 Å². The van der Waals surface area contributed by atoms with Gasteiger partial charge in [-0.15, -0.1) is 10.2 Å². The van der Waals surface area contributed by atoms with Crippen LogP contribution in [0.3, 0.4) is 0 Å². The highest BCUT2D eigenvalue weighted by Crippen LogP contribution is 2.24. The molecule has 0 aliphatic rings. The normalized spacial score (nSPS) is 10.8. The van der Waals surface area contributed by atoms with Gasteiger partial charge in [0, 0.05) is 23.4 Å². The molecule has 0 radical (unpaired) electrons. The minimum Gasteiger partial charge on any atom is -0.325 e. The minimum atomic E-state index is -0.450. The summed E-state index contributed by atoms with van der Waals surface area (Å²) < 4.78 is 1.53. The van der Waals surface area contributed by atoms with Crippen LogP contribution in [0.5, 0.6) is 0 Å². The van der Waals surface area contributed by atoms with Crippen molar-refractivity contribution >= 4 is 34.7 Å². The molecule has 2 aromatic carbocycles. The highest BCUT2D eigenvalue weighted by Gasteiger charge is 2.13. The summed E-state index contributed by atoms with van der Waals surface area (Å²) in [4.78, 5) is 22.8. The van der Waals surface area contributed by atoms with E-state index in [0.717, 1.165) is 11.3 Å². The Morgan fingerprint density at radius 3 is 2.70 bits per heavy atom. The first kappa shape index (κ1) is 19.5. The lowest BCUT2D eigenvalue weighted by Gasteiger charge is -2.05. The summed E-state index contributed by atoms with van der Waals surface area (Å²) in [5.74, 6) is -0.0346. The van der Waals surface area contributed by atoms with Crippen LogP contribution in [0.25, 0.3) is 16.9 Å². The Morgan fingerprint density at radius 1 is 1.13 bits per heavy atom. The lowest BCUT2D eigenvalue weighted by molar-refractivity contribution is -0.384. The number of non-ortho nitro benzene ring substituents is 1. The van der Waals surface area contributed by atoms with E-state index in [1.54, 1.807) is 24.3 Å². The summed E-state index contributed by atoms with van der Waals surface area (Å²) >= 11 is 1.21. The van der Waals surface area contributed by atoms with Crippen molar-refractivity contribution in [2.24, 2.45) is 0 Å². The van der Waals surface area contributed by atoms with Gasteiger partial charge < -0.3 is 5.32 Å². The first-order chi connectivity index (χ1) is 14.5. The molecule has 10 heteroatoms. The molecule has 1 N–H and O–H groups in total. The topological polar surface area (TPSA) is 115 Å². The summed E-state index contributed by atoms with van der Waals surface area (Å²) in [7, 11) is 0. The molecule has 4 aromatic rings. The van der Waals surface area contributed by atoms with E-state index in [9.17, 15) is 14.9 Å². The second kappa shape index (κ2) is 8.29. The molecule has 2 heterocycles. The lowest BCUT2D eigenvalue weighted by atomic mass is 10.1. The highest BCUT2D eigenvalue weighted by atomic mass is 32.2. The maximum atomic E-state index is 12.2. The Balaban J connectivity index is 1.51. The maximum absolute atomic E-state index is 12.2. The second-order valence-electron chi connectivity index (χ2n) is 6.48. The quantitative estimate of drug-likeness (QED) is 0.287. The average Bonchev–Trinajstić information content (AvgIpc) is 3.16. The molecule has 0 fully saturated rings. The number of nitrogens with one attached hydrogen (secondary N) is 1. The van der Waals surface area contributed by atoms with Gasteiger partial charge in [0.25, 0.3) is 5.69 Å². The number of nitro groups is 1. The Hall–Kier alpha value is -3.79. The number of thioether (sulfide) groups is 1. The smallest absolute Gasteiger partial charge is 0.270 e. The molecule has 0 aliphatic carbocycles. The van der Waals surface area contributed by atoms with Gasteiger partial charge in [0.1, 0.15) is 0 Å². The van der Waals surface area contributed by atoms with E-state index in [0.29, 0.717) is 22.1 Å². The van der Waals surface area contributed by atoms with Crippen molar-refractivity contribution in [3.05, 3.63) is 76.3 Å². The van der Waals surface area contributed by atoms with Gasteiger partial charge in [-0.3, -0.25) is 14.9 Å². The van der Waals surface area contributed by atoms with Gasteiger partial charge in [-0.25, -0.2) is 0 Å². The van der Waals surface area contributed by atoms with Gasteiger partial charge >= 0.3 is 0 Å². The zero-order valence-electron chi connectivity index (χ0n) is 15.8. The number of nitrogens with zero attached hydrogens (tertiary/aromatic N) is 5. The van der Waals surface area contributed by atoms with E-state index in [2.05, 4.69) is 20.6 Å². The molecule has 0 saturated heterocycles. The largest absolute Gasteiger partial charge is 0.325 e. The molecule has 2 aromatic heterocycles. The second-order valence-corrected chi connectivity index (χ2v) is 7.42. The molecule has 0 bridgehead atoms. The van der Waals surface area contributed by atoms with Crippen molar-refractivity contribution < 1.29 is 9.72 Å². The predicted molar refractivity (Wildman–Crippen MR) is 113 cm³/mol. The Labute approximate surface area is 175 Å². The number of carbonyl (C=O) groups is 1. The summed E-state index contributed by atoms with van der Waals surface area (Å²) in [5.41, 5.74) is 3.49. The van der Waals surface area contributed by atoms with Crippen LogP contribution in [0.2, 0.25) is 0 Å². The number of aromatic nitrogens is 4. The van der Waals surface area contributed by atoms with Crippen molar-refractivity contribution in [3.63, 3.8) is 0 Å². The monoisotopic (exact) mass is 420 g/mol. The number of anilines is 1. The van der Waals surface area contributed by atoms with Crippen molar-refractivity contribution in [1.82, 2.24) is 19.8 Å². The molecule has 0 aliphatic heterocycles. The fraction of sp³-hybridized carbons (Fsp3) is 0.100. The number of benzene rings is 2. The third kappa shape index (κ3) is 4.28. The van der Waals surface area contributed by atoms with Crippen LogP contribution in [0.1, 0.15) is 5.56 Å². The number of fused-ring (bicyclic) bond motifs is 1. The van der Waals surface area contributed by atoms with Gasteiger partial charge in [-0.1, -0.05) is 41.6 Å². The third-order valence-corrected chi connectivity index (χ3v) is 5.17. The molecule has 1 amide bonds. The van der Waals surface area contributed by atoms with Crippen molar-refractivity contribution in [1.29, 1.82) is 0 Å². The summed E-state index contributed by atoms with van der Waals surface area (Å²) in [6.07, 6.45) is 0. The fourth-order valence-electron chi connectivity index (χ4n) is 2.76. The fourth-order valence-corrected chi connectivity index (χ4v) is 3.44. The summed E-state index contributed by atoms with van der Waals surface area (Å²) in [6.45, 7) is 1.98. The SMILES string of the molecule is Cc1ccc(NC(=O)CSc2nnc3ccc(-c4cccc([N+](=O)[O-])c4)nn23)cc1. The van der Waals surface area contributed by atoms with Gasteiger partial charge in [-0.05, 0) is 31.2 Å². The molecule has 0 unspecified atom stereocenters. The van der Waals surface area contributed by atoms with Crippen LogP contribution in [-0.2, 0) is 4.79 Å². The Kier molecular flexibility index (Phi) is 5.40. The number of hydrogen-bond acceptors (Lipinski definition) is 7. The molecule has 0 atom stereocenters. The van der Waals surface area contributed by atoms with Crippen LogP contribution in [0.15, 0.2) is 65.8 Å². The zero-order valence-corrected chi connectivity index (χ0v) is 16.7. The Bertz CT molecular complexity index is 1240. The van der Waals surface area contributed by atoms with Crippen LogP contribution in [0.4, 0.5) is 11.4 Å². The van der Waals surface area contributed by atoms with Crippen LogP contribution in [-0.4, -0.2) is 36.4 Å². The number of aryl methyl sites for hydroxylation is 1. The molecule has 30 heavy (non-hydrogen) atoms. The van der Waals surface area contributed by atoms with Gasteiger partial charge in [-0.2, -0.15) is 9.61 Å². The predicted octanol–water partition coefficient (Wildman–Crippen LogP) is 3.74.